The van der Waals surface area contributed by atoms with Crippen LogP contribution in [0.3, 0.4) is 0 Å². The van der Waals surface area contributed by atoms with Gasteiger partial charge < -0.3 is 10.0 Å². The van der Waals surface area contributed by atoms with Crippen molar-refractivity contribution in [2.45, 2.75) is 30.3 Å². The number of carboxylic acids is 1. The molecular formula is C19H18BrF3N2O4S. The van der Waals surface area contributed by atoms with E-state index in [-0.39, 0.29) is 20.6 Å². The summed E-state index contributed by atoms with van der Waals surface area (Å²) in [6.45, 7) is 1.19. The normalized spacial score (nSPS) is 15.1. The first kappa shape index (κ1) is 22.4. The smallest absolute Gasteiger partial charge is 0.416 e. The van der Waals surface area contributed by atoms with Crippen LogP contribution >= 0.6 is 15.9 Å². The molecule has 0 aliphatic carbocycles. The van der Waals surface area contributed by atoms with Crippen molar-refractivity contribution in [3.05, 3.63) is 52.0 Å². The number of sulfonamides is 1. The van der Waals surface area contributed by atoms with Gasteiger partial charge in [-0.2, -0.15) is 13.2 Å². The summed E-state index contributed by atoms with van der Waals surface area (Å²) >= 11 is 3.07. The van der Waals surface area contributed by atoms with Crippen LogP contribution in [-0.2, 0) is 16.2 Å². The summed E-state index contributed by atoms with van der Waals surface area (Å²) in [7, 11) is -4.38. The minimum atomic E-state index is -4.65. The fraction of sp³-hybridized carbons (Fsp3) is 0.316. The van der Waals surface area contributed by atoms with Crippen LogP contribution in [0.2, 0.25) is 0 Å². The van der Waals surface area contributed by atoms with E-state index in [1.807, 2.05) is 4.90 Å². The Balaban J connectivity index is 2.07. The number of carbonyl (C=O) groups is 1. The number of nitrogens with zero attached hydrogens (tertiary/aromatic N) is 1. The third kappa shape index (κ3) is 4.89. The van der Waals surface area contributed by atoms with Crippen molar-refractivity contribution in [1.29, 1.82) is 0 Å². The highest BCUT2D eigenvalue weighted by Gasteiger charge is 2.32. The third-order valence-corrected chi connectivity index (χ3v) is 7.09. The summed E-state index contributed by atoms with van der Waals surface area (Å²) in [5.41, 5.74) is -1.12. The van der Waals surface area contributed by atoms with Crippen molar-refractivity contribution >= 4 is 43.3 Å². The number of hydrogen-bond donors (Lipinski definition) is 2. The molecule has 0 saturated carbocycles. The quantitative estimate of drug-likeness (QED) is 0.598. The highest BCUT2D eigenvalue weighted by Crippen LogP contribution is 2.37. The first-order valence-corrected chi connectivity index (χ1v) is 11.3. The maximum atomic E-state index is 13.2. The number of aromatic carboxylic acids is 1. The molecule has 1 saturated heterocycles. The van der Waals surface area contributed by atoms with E-state index in [9.17, 15) is 26.4 Å². The molecule has 11 heteroatoms. The molecule has 0 amide bonds. The minimum Gasteiger partial charge on any atom is -0.478 e. The first-order chi connectivity index (χ1) is 14.0. The van der Waals surface area contributed by atoms with Crippen molar-refractivity contribution in [1.82, 2.24) is 0 Å². The molecule has 2 aromatic carbocycles. The molecule has 0 spiro atoms. The molecule has 1 aliphatic heterocycles. The number of alkyl halides is 3. The zero-order chi connectivity index (χ0) is 22.1. The zero-order valence-corrected chi connectivity index (χ0v) is 17.9. The van der Waals surface area contributed by atoms with Gasteiger partial charge in [-0.05, 0) is 71.6 Å². The highest BCUT2D eigenvalue weighted by atomic mass is 79.9. The van der Waals surface area contributed by atoms with Gasteiger partial charge in [-0.15, -0.1) is 0 Å². The molecule has 0 atom stereocenters. The molecule has 2 N–H and O–H groups in total. The number of benzene rings is 2. The van der Waals surface area contributed by atoms with Gasteiger partial charge in [0.15, 0.2) is 0 Å². The molecule has 1 fully saturated rings. The topological polar surface area (TPSA) is 86.7 Å². The van der Waals surface area contributed by atoms with Crippen LogP contribution in [0.4, 0.5) is 24.5 Å². The van der Waals surface area contributed by atoms with Crippen LogP contribution in [0, 0.1) is 0 Å². The minimum absolute atomic E-state index is 0.0894. The summed E-state index contributed by atoms with van der Waals surface area (Å²) in [6, 6.07) is 6.36. The van der Waals surface area contributed by atoms with Gasteiger partial charge in [-0.25, -0.2) is 13.2 Å². The van der Waals surface area contributed by atoms with E-state index < -0.39 is 27.7 Å². The van der Waals surface area contributed by atoms with E-state index in [2.05, 4.69) is 20.7 Å². The fourth-order valence-corrected chi connectivity index (χ4v) is 5.30. The molecule has 0 bridgehead atoms. The maximum absolute atomic E-state index is 13.2. The van der Waals surface area contributed by atoms with Crippen molar-refractivity contribution in [3.63, 3.8) is 0 Å². The number of piperidine rings is 1. The van der Waals surface area contributed by atoms with Gasteiger partial charge in [0.1, 0.15) is 4.90 Å². The van der Waals surface area contributed by atoms with Crippen molar-refractivity contribution < 1.29 is 31.5 Å². The van der Waals surface area contributed by atoms with E-state index in [0.29, 0.717) is 18.8 Å². The Morgan fingerprint density at radius 2 is 1.73 bits per heavy atom. The van der Waals surface area contributed by atoms with Gasteiger partial charge in [0.25, 0.3) is 10.0 Å². The third-order valence-electron chi connectivity index (χ3n) is 4.73. The summed E-state index contributed by atoms with van der Waals surface area (Å²) < 4.78 is 68.0. The largest absolute Gasteiger partial charge is 0.478 e. The number of hydrogen-bond acceptors (Lipinski definition) is 4. The van der Waals surface area contributed by atoms with Crippen LogP contribution < -0.4 is 9.62 Å². The maximum Gasteiger partial charge on any atom is 0.416 e. The van der Waals surface area contributed by atoms with Crippen LogP contribution in [0.1, 0.15) is 35.2 Å². The van der Waals surface area contributed by atoms with Crippen molar-refractivity contribution in [2.24, 2.45) is 0 Å². The Hall–Kier alpha value is -2.27. The number of carboxylic acid groups (broad SMARTS) is 1. The molecule has 1 heterocycles. The molecule has 0 aromatic heterocycles. The molecule has 30 heavy (non-hydrogen) atoms. The van der Waals surface area contributed by atoms with E-state index in [4.69, 9.17) is 5.11 Å². The van der Waals surface area contributed by atoms with Crippen LogP contribution in [0.5, 0.6) is 0 Å². The number of rotatable bonds is 5. The van der Waals surface area contributed by atoms with Crippen molar-refractivity contribution in [2.75, 3.05) is 22.7 Å². The fourth-order valence-electron chi connectivity index (χ4n) is 3.25. The van der Waals surface area contributed by atoms with Crippen LogP contribution in [0.25, 0.3) is 0 Å². The first-order valence-electron chi connectivity index (χ1n) is 9.01. The average molecular weight is 507 g/mol. The molecule has 0 unspecified atom stereocenters. The molecule has 162 valence electrons. The lowest BCUT2D eigenvalue weighted by molar-refractivity contribution is -0.137. The lowest BCUT2D eigenvalue weighted by Gasteiger charge is -2.31. The van der Waals surface area contributed by atoms with E-state index in [1.54, 1.807) is 0 Å². The number of halogens is 4. The summed E-state index contributed by atoms with van der Waals surface area (Å²) in [5.74, 6) is -1.33. The number of anilines is 2. The Labute approximate surface area is 179 Å². The summed E-state index contributed by atoms with van der Waals surface area (Å²) in [6.07, 6.45) is -1.96. The zero-order valence-electron chi connectivity index (χ0n) is 15.5. The molecule has 1 aliphatic rings. The second-order valence-electron chi connectivity index (χ2n) is 6.83. The molecule has 0 radical (unpaired) electrons. The Morgan fingerprint density at radius 3 is 2.33 bits per heavy atom. The second kappa shape index (κ2) is 8.46. The lowest BCUT2D eigenvalue weighted by Crippen LogP contribution is -2.30. The Bertz CT molecular complexity index is 1070. The average Bonchev–Trinajstić information content (AvgIpc) is 2.67. The Kier molecular flexibility index (Phi) is 6.32. The van der Waals surface area contributed by atoms with Gasteiger partial charge in [-0.3, -0.25) is 4.72 Å². The van der Waals surface area contributed by atoms with Crippen LogP contribution in [0.15, 0.2) is 45.8 Å². The Morgan fingerprint density at radius 1 is 1.07 bits per heavy atom. The second-order valence-corrected chi connectivity index (χ2v) is 9.34. The standard InChI is InChI=1S/C19H18BrF3N2O4S/c20-14-6-4-12(18(26)27)10-17(14)30(28,29)24-15-11-13(19(21,22)23)5-7-16(15)25-8-2-1-3-9-25/h4-7,10-11,24H,1-3,8-9H2,(H,26,27). The molecule has 3 rings (SSSR count). The summed E-state index contributed by atoms with van der Waals surface area (Å²) in [4.78, 5) is 12.7. The lowest BCUT2D eigenvalue weighted by atomic mass is 10.1. The van der Waals surface area contributed by atoms with E-state index in [1.165, 1.54) is 18.2 Å². The SMILES string of the molecule is O=C(O)c1ccc(Br)c(S(=O)(=O)Nc2cc(C(F)(F)F)ccc2N2CCCCC2)c1. The van der Waals surface area contributed by atoms with Gasteiger partial charge >= 0.3 is 12.1 Å². The van der Waals surface area contributed by atoms with Crippen LogP contribution in [-0.4, -0.2) is 32.6 Å². The van der Waals surface area contributed by atoms with E-state index in [0.717, 1.165) is 37.5 Å². The van der Waals surface area contributed by atoms with Gasteiger partial charge in [0.05, 0.1) is 22.5 Å². The molecule has 6 nitrogen and oxygen atoms in total. The number of nitrogens with one attached hydrogen (secondary N) is 1. The van der Waals surface area contributed by atoms with Gasteiger partial charge in [0, 0.05) is 17.6 Å². The highest BCUT2D eigenvalue weighted by molar-refractivity contribution is 9.10. The van der Waals surface area contributed by atoms with Crippen molar-refractivity contribution in [3.8, 4) is 0 Å². The summed E-state index contributed by atoms with van der Waals surface area (Å²) in [5, 5.41) is 9.13. The molecule has 2 aromatic rings. The van der Waals surface area contributed by atoms with E-state index >= 15 is 0 Å². The molecular weight excluding hydrogens is 489 g/mol. The predicted molar refractivity (Wildman–Crippen MR) is 109 cm³/mol. The predicted octanol–water partition coefficient (Wildman–Crippen LogP) is 4.96. The van der Waals surface area contributed by atoms with Gasteiger partial charge in [-0.1, -0.05) is 0 Å². The monoisotopic (exact) mass is 506 g/mol. The van der Waals surface area contributed by atoms with Gasteiger partial charge in [0.2, 0.25) is 0 Å².